The summed E-state index contributed by atoms with van der Waals surface area (Å²) in [5, 5.41) is 4.23. The minimum Gasteiger partial charge on any atom is -0.243 e. The molecule has 0 aliphatic rings. The number of aryl methyl sites for hydroxylation is 2. The second-order valence-electron chi connectivity index (χ2n) is 2.57. The lowest BCUT2D eigenvalue weighted by atomic mass is 10.4. The smallest absolute Gasteiger partial charge is 0.0600 e. The molecule has 0 radical (unpaired) electrons. The monoisotopic (exact) mass is 136 g/mol. The summed E-state index contributed by atoms with van der Waals surface area (Å²) in [6.07, 6.45) is 0. The van der Waals surface area contributed by atoms with Crippen molar-refractivity contribution >= 4 is 5.70 Å². The minimum absolute atomic E-state index is 0.964. The summed E-state index contributed by atoms with van der Waals surface area (Å²) in [6.45, 7) is 9.75. The summed E-state index contributed by atoms with van der Waals surface area (Å²) in [7, 11) is 0. The highest BCUT2D eigenvalue weighted by Gasteiger charge is 1.98. The lowest BCUT2D eigenvalue weighted by Gasteiger charge is -1.99. The zero-order valence-electron chi connectivity index (χ0n) is 6.68. The van der Waals surface area contributed by atoms with Crippen LogP contribution in [0.1, 0.15) is 18.3 Å². The van der Waals surface area contributed by atoms with Crippen molar-refractivity contribution in [2.75, 3.05) is 0 Å². The maximum Gasteiger partial charge on any atom is 0.0600 e. The van der Waals surface area contributed by atoms with E-state index in [9.17, 15) is 0 Å². The highest BCUT2D eigenvalue weighted by Crippen LogP contribution is 2.06. The molecule has 0 N–H and O–H groups in total. The van der Waals surface area contributed by atoms with Gasteiger partial charge in [-0.2, -0.15) is 5.10 Å². The van der Waals surface area contributed by atoms with Crippen LogP contribution in [0.5, 0.6) is 0 Å². The van der Waals surface area contributed by atoms with Crippen LogP contribution < -0.4 is 0 Å². The Labute approximate surface area is 61.2 Å². The van der Waals surface area contributed by atoms with Gasteiger partial charge in [0.25, 0.3) is 0 Å². The molecule has 0 aromatic carbocycles. The molecule has 0 spiro atoms. The Morgan fingerprint density at radius 2 is 2.20 bits per heavy atom. The molecule has 1 heterocycles. The van der Waals surface area contributed by atoms with Gasteiger partial charge in [-0.25, -0.2) is 4.68 Å². The molecule has 0 bridgehead atoms. The van der Waals surface area contributed by atoms with E-state index in [1.807, 2.05) is 31.5 Å². The van der Waals surface area contributed by atoms with Crippen LogP contribution in [0.25, 0.3) is 5.70 Å². The Morgan fingerprint density at radius 1 is 1.60 bits per heavy atom. The number of rotatable bonds is 1. The van der Waals surface area contributed by atoms with Crippen molar-refractivity contribution in [1.82, 2.24) is 9.78 Å². The molecule has 1 aromatic heterocycles. The van der Waals surface area contributed by atoms with Crippen molar-refractivity contribution in [3.8, 4) is 0 Å². The first-order valence-corrected chi connectivity index (χ1v) is 3.30. The topological polar surface area (TPSA) is 17.8 Å². The number of hydrogen-bond acceptors (Lipinski definition) is 1. The summed E-state index contributed by atoms with van der Waals surface area (Å²) in [4.78, 5) is 0. The van der Waals surface area contributed by atoms with Crippen molar-refractivity contribution in [3.05, 3.63) is 24.0 Å². The second-order valence-corrected chi connectivity index (χ2v) is 2.57. The fourth-order valence-corrected chi connectivity index (χ4v) is 1.02. The molecule has 2 heteroatoms. The molecule has 0 amide bonds. The summed E-state index contributed by atoms with van der Waals surface area (Å²) >= 11 is 0. The third kappa shape index (κ3) is 1.10. The van der Waals surface area contributed by atoms with Crippen molar-refractivity contribution in [1.29, 1.82) is 0 Å². The molecule has 0 aliphatic carbocycles. The molecule has 2 nitrogen and oxygen atoms in total. The Balaban J connectivity index is 3.15. The Kier molecular flexibility index (Phi) is 1.62. The van der Waals surface area contributed by atoms with Gasteiger partial charge >= 0.3 is 0 Å². The number of allylic oxidation sites excluding steroid dienone is 1. The van der Waals surface area contributed by atoms with E-state index in [-0.39, 0.29) is 0 Å². The zero-order chi connectivity index (χ0) is 7.72. The van der Waals surface area contributed by atoms with Crippen LogP contribution in [-0.4, -0.2) is 9.78 Å². The maximum atomic E-state index is 4.23. The average molecular weight is 136 g/mol. The van der Waals surface area contributed by atoms with Crippen LogP contribution in [0.15, 0.2) is 12.6 Å². The molecule has 0 fully saturated rings. The van der Waals surface area contributed by atoms with E-state index >= 15 is 0 Å². The molecule has 0 saturated heterocycles. The van der Waals surface area contributed by atoms with Gasteiger partial charge in [0, 0.05) is 11.4 Å². The van der Waals surface area contributed by atoms with E-state index in [1.54, 1.807) is 0 Å². The van der Waals surface area contributed by atoms with Gasteiger partial charge in [-0.3, -0.25) is 0 Å². The van der Waals surface area contributed by atoms with E-state index in [0.717, 1.165) is 17.1 Å². The van der Waals surface area contributed by atoms with Crippen LogP contribution in [0.2, 0.25) is 0 Å². The highest BCUT2D eigenvalue weighted by atomic mass is 15.3. The fraction of sp³-hybridized carbons (Fsp3) is 0.375. The summed E-state index contributed by atoms with van der Waals surface area (Å²) in [6, 6.07) is 2.04. The molecule has 1 rings (SSSR count). The van der Waals surface area contributed by atoms with Crippen molar-refractivity contribution in [2.45, 2.75) is 20.8 Å². The lowest BCUT2D eigenvalue weighted by molar-refractivity contribution is 0.849. The first-order chi connectivity index (χ1) is 4.61. The first kappa shape index (κ1) is 7.06. The molecule has 0 saturated carbocycles. The van der Waals surface area contributed by atoms with Crippen molar-refractivity contribution in [2.24, 2.45) is 0 Å². The van der Waals surface area contributed by atoms with Crippen molar-refractivity contribution < 1.29 is 0 Å². The van der Waals surface area contributed by atoms with Gasteiger partial charge in [0.1, 0.15) is 0 Å². The Bertz CT molecular complexity index is 258. The molecule has 0 aliphatic heterocycles. The van der Waals surface area contributed by atoms with E-state index in [1.165, 1.54) is 0 Å². The SMILES string of the molecule is C=C(C)n1nc(C)cc1C. The molecular weight excluding hydrogens is 124 g/mol. The predicted molar refractivity (Wildman–Crippen MR) is 42.7 cm³/mol. The molecule has 54 valence electrons. The van der Waals surface area contributed by atoms with Crippen LogP contribution in [0, 0.1) is 13.8 Å². The number of aromatic nitrogens is 2. The van der Waals surface area contributed by atoms with E-state index in [0.29, 0.717) is 0 Å². The van der Waals surface area contributed by atoms with E-state index in [4.69, 9.17) is 0 Å². The summed E-state index contributed by atoms with van der Waals surface area (Å²) in [5.74, 6) is 0. The average Bonchev–Trinajstić information content (AvgIpc) is 2.10. The molecule has 1 aromatic rings. The van der Waals surface area contributed by atoms with Gasteiger partial charge in [-0.15, -0.1) is 0 Å². The van der Waals surface area contributed by atoms with Crippen LogP contribution in [0.3, 0.4) is 0 Å². The van der Waals surface area contributed by atoms with E-state index < -0.39 is 0 Å². The number of nitrogens with zero attached hydrogens (tertiary/aromatic N) is 2. The lowest BCUT2D eigenvalue weighted by Crippen LogP contribution is -1.96. The third-order valence-electron chi connectivity index (χ3n) is 1.37. The van der Waals surface area contributed by atoms with Gasteiger partial charge in [0.2, 0.25) is 0 Å². The Morgan fingerprint density at radius 3 is 2.40 bits per heavy atom. The van der Waals surface area contributed by atoms with Crippen LogP contribution in [-0.2, 0) is 0 Å². The first-order valence-electron chi connectivity index (χ1n) is 3.30. The molecular formula is C8H12N2. The largest absolute Gasteiger partial charge is 0.243 e. The van der Waals surface area contributed by atoms with Crippen molar-refractivity contribution in [3.63, 3.8) is 0 Å². The standard InChI is InChI=1S/C8H12N2/c1-6(2)10-8(4)5-7(3)9-10/h5H,1H2,2-4H3. The summed E-state index contributed by atoms with van der Waals surface area (Å²) < 4.78 is 1.84. The normalized spacial score (nSPS) is 9.90. The van der Waals surface area contributed by atoms with Gasteiger partial charge in [-0.1, -0.05) is 6.58 Å². The highest BCUT2D eigenvalue weighted by molar-refractivity contribution is 5.38. The third-order valence-corrected chi connectivity index (χ3v) is 1.37. The minimum atomic E-state index is 0.964. The zero-order valence-corrected chi connectivity index (χ0v) is 6.68. The Hall–Kier alpha value is -1.05. The van der Waals surface area contributed by atoms with Crippen LogP contribution >= 0.6 is 0 Å². The summed E-state index contributed by atoms with van der Waals surface area (Å²) in [5.41, 5.74) is 3.15. The molecule has 0 atom stereocenters. The quantitative estimate of drug-likeness (QED) is 0.577. The van der Waals surface area contributed by atoms with Gasteiger partial charge < -0.3 is 0 Å². The fourth-order valence-electron chi connectivity index (χ4n) is 1.02. The predicted octanol–water partition coefficient (Wildman–Crippen LogP) is 1.99. The number of hydrogen-bond donors (Lipinski definition) is 0. The maximum absolute atomic E-state index is 4.23. The molecule has 10 heavy (non-hydrogen) atoms. The van der Waals surface area contributed by atoms with E-state index in [2.05, 4.69) is 11.7 Å². The molecule has 0 unspecified atom stereocenters. The second kappa shape index (κ2) is 2.29. The van der Waals surface area contributed by atoms with Gasteiger partial charge in [0.05, 0.1) is 5.69 Å². The van der Waals surface area contributed by atoms with Crippen LogP contribution in [0.4, 0.5) is 0 Å². The van der Waals surface area contributed by atoms with Gasteiger partial charge in [0.15, 0.2) is 0 Å². The van der Waals surface area contributed by atoms with Gasteiger partial charge in [-0.05, 0) is 26.8 Å².